The molecule has 1 aliphatic heterocycles. The van der Waals surface area contributed by atoms with Gasteiger partial charge in [0.15, 0.2) is 0 Å². The largest absolute Gasteiger partial charge is 0.311 e. The number of nitrogens with one attached hydrogen (secondary N) is 1. The van der Waals surface area contributed by atoms with Gasteiger partial charge in [-0.05, 0) is 25.1 Å². The highest BCUT2D eigenvalue weighted by Gasteiger charge is 2.32. The van der Waals surface area contributed by atoms with Gasteiger partial charge in [0.05, 0.1) is 23.0 Å². The number of nitrogens with zero attached hydrogens (tertiary/aromatic N) is 2. The van der Waals surface area contributed by atoms with E-state index in [1.54, 1.807) is 6.20 Å². The van der Waals surface area contributed by atoms with E-state index in [9.17, 15) is 0 Å². The molecule has 1 aromatic carbocycles. The minimum absolute atomic E-state index is 0.206. The molecule has 0 saturated heterocycles. The number of hydrogen-bond acceptors (Lipinski definition) is 3. The minimum atomic E-state index is 0.206. The topological polar surface area (TPSA) is 29.9 Å². The second kappa shape index (κ2) is 5.19. The van der Waals surface area contributed by atoms with Gasteiger partial charge >= 0.3 is 0 Å². The molecule has 0 spiro atoms. The van der Waals surface area contributed by atoms with Crippen LogP contribution in [0.3, 0.4) is 0 Å². The highest BCUT2D eigenvalue weighted by Crippen LogP contribution is 2.43. The fourth-order valence-electron chi connectivity index (χ4n) is 2.66. The van der Waals surface area contributed by atoms with Gasteiger partial charge in [0, 0.05) is 17.2 Å². The van der Waals surface area contributed by atoms with E-state index in [0.717, 1.165) is 17.1 Å². The number of halogens is 1. The number of thioether (sulfide) groups is 1. The molecule has 3 rings (SSSR count). The second-order valence-electron chi connectivity index (χ2n) is 4.74. The van der Waals surface area contributed by atoms with Crippen LogP contribution in [0.4, 0.5) is 0 Å². The van der Waals surface area contributed by atoms with Crippen LogP contribution >= 0.6 is 23.4 Å². The first-order chi connectivity index (χ1) is 9.20. The van der Waals surface area contributed by atoms with Gasteiger partial charge in [0.1, 0.15) is 0 Å². The summed E-state index contributed by atoms with van der Waals surface area (Å²) in [4.78, 5) is 1.38. The summed E-state index contributed by atoms with van der Waals surface area (Å²) in [5.41, 5.74) is 2.49. The van der Waals surface area contributed by atoms with Crippen LogP contribution in [0.1, 0.15) is 17.3 Å². The molecule has 100 valence electrons. The third-order valence-corrected chi connectivity index (χ3v) is 5.27. The van der Waals surface area contributed by atoms with Crippen LogP contribution < -0.4 is 5.32 Å². The van der Waals surface area contributed by atoms with Gasteiger partial charge in [-0.25, -0.2) is 0 Å². The lowest BCUT2D eigenvalue weighted by Gasteiger charge is -2.23. The molecule has 0 amide bonds. The Morgan fingerprint density at radius 1 is 1.47 bits per heavy atom. The molecule has 0 radical (unpaired) electrons. The Labute approximate surface area is 122 Å². The fraction of sp³-hybridized carbons (Fsp3) is 0.357. The number of hydrogen-bond donors (Lipinski definition) is 1. The van der Waals surface area contributed by atoms with Crippen molar-refractivity contribution in [1.82, 2.24) is 15.1 Å². The van der Waals surface area contributed by atoms with Crippen LogP contribution in [0, 0.1) is 0 Å². The predicted octanol–water partition coefficient (Wildman–Crippen LogP) is 3.05. The smallest absolute Gasteiger partial charge is 0.0834 e. The first-order valence-electron chi connectivity index (χ1n) is 6.30. The zero-order valence-corrected chi connectivity index (χ0v) is 12.5. The maximum atomic E-state index is 6.28. The van der Waals surface area contributed by atoms with Gasteiger partial charge in [-0.3, -0.25) is 4.68 Å². The van der Waals surface area contributed by atoms with Crippen LogP contribution in [0.2, 0.25) is 5.02 Å². The van der Waals surface area contributed by atoms with Crippen molar-refractivity contribution < 1.29 is 0 Å². The van der Waals surface area contributed by atoms with E-state index in [4.69, 9.17) is 11.6 Å². The summed E-state index contributed by atoms with van der Waals surface area (Å²) >= 11 is 8.20. The Balaban J connectivity index is 1.90. The second-order valence-corrected chi connectivity index (χ2v) is 6.42. The van der Waals surface area contributed by atoms with Gasteiger partial charge in [0.25, 0.3) is 0 Å². The molecule has 1 aromatic heterocycles. The third kappa shape index (κ3) is 2.29. The van der Waals surface area contributed by atoms with E-state index in [2.05, 4.69) is 34.7 Å². The average Bonchev–Trinajstić information content (AvgIpc) is 2.97. The molecule has 19 heavy (non-hydrogen) atoms. The van der Waals surface area contributed by atoms with Crippen LogP contribution in [-0.2, 0) is 13.5 Å². The van der Waals surface area contributed by atoms with E-state index in [1.165, 1.54) is 10.5 Å². The summed E-state index contributed by atoms with van der Waals surface area (Å²) in [5.74, 6) is 0. The van der Waals surface area contributed by atoms with Crippen molar-refractivity contribution in [2.45, 2.75) is 22.6 Å². The van der Waals surface area contributed by atoms with E-state index in [0.29, 0.717) is 5.25 Å². The molecule has 1 aliphatic rings. The molecule has 2 aromatic rings. The van der Waals surface area contributed by atoms with Crippen molar-refractivity contribution in [3.63, 3.8) is 0 Å². The van der Waals surface area contributed by atoms with Crippen molar-refractivity contribution in [2.24, 2.45) is 7.05 Å². The molecule has 1 N–H and O–H groups in total. The van der Waals surface area contributed by atoms with Crippen molar-refractivity contribution in [3.8, 4) is 0 Å². The lowest BCUT2D eigenvalue weighted by Crippen LogP contribution is -2.29. The van der Waals surface area contributed by atoms with Gasteiger partial charge in [-0.1, -0.05) is 29.8 Å². The molecule has 3 nitrogen and oxygen atoms in total. The predicted molar refractivity (Wildman–Crippen MR) is 79.8 cm³/mol. The first kappa shape index (κ1) is 13.0. The normalized spacial score (nSPS) is 19.4. The Kier molecular flexibility index (Phi) is 3.56. The van der Waals surface area contributed by atoms with Crippen LogP contribution in [0.15, 0.2) is 35.4 Å². The molecular weight excluding hydrogens is 278 g/mol. The summed E-state index contributed by atoms with van der Waals surface area (Å²) in [6.45, 7) is 0. The molecular formula is C14H16ClN3S. The molecule has 0 bridgehead atoms. The van der Waals surface area contributed by atoms with E-state index in [-0.39, 0.29) is 6.04 Å². The maximum absolute atomic E-state index is 6.28. The summed E-state index contributed by atoms with van der Waals surface area (Å²) in [6, 6.07) is 8.81. The van der Waals surface area contributed by atoms with Crippen molar-refractivity contribution in [3.05, 3.63) is 46.7 Å². The van der Waals surface area contributed by atoms with Crippen molar-refractivity contribution in [2.75, 3.05) is 7.05 Å². The molecule has 0 saturated carbocycles. The standard InChI is InChI=1S/C14H16ClN3S/c1-16-13(14-10(15)8-17-18(14)2)12-7-9-5-3-4-6-11(9)19-12/h3-6,8,12-13,16H,7H2,1-2H3. The molecule has 2 heterocycles. The zero-order chi connectivity index (χ0) is 13.4. The van der Waals surface area contributed by atoms with Crippen molar-refractivity contribution in [1.29, 1.82) is 0 Å². The number of rotatable bonds is 3. The van der Waals surface area contributed by atoms with E-state index in [1.807, 2.05) is 30.5 Å². The van der Waals surface area contributed by atoms with Crippen molar-refractivity contribution >= 4 is 23.4 Å². The Hall–Kier alpha value is -0.970. The zero-order valence-electron chi connectivity index (χ0n) is 10.9. The van der Waals surface area contributed by atoms with Crippen LogP contribution in [0.25, 0.3) is 0 Å². The Morgan fingerprint density at radius 2 is 2.26 bits per heavy atom. The molecule has 5 heteroatoms. The third-order valence-electron chi connectivity index (χ3n) is 3.59. The van der Waals surface area contributed by atoms with E-state index < -0.39 is 0 Å². The lowest BCUT2D eigenvalue weighted by molar-refractivity contribution is 0.521. The minimum Gasteiger partial charge on any atom is -0.311 e. The Bertz CT molecular complexity index is 552. The summed E-state index contributed by atoms with van der Waals surface area (Å²) < 4.78 is 1.87. The first-order valence-corrected chi connectivity index (χ1v) is 7.55. The van der Waals surface area contributed by atoms with E-state index >= 15 is 0 Å². The quantitative estimate of drug-likeness (QED) is 0.943. The lowest BCUT2D eigenvalue weighted by atomic mass is 10.0. The summed E-state index contributed by atoms with van der Waals surface area (Å²) in [6.07, 6.45) is 2.78. The van der Waals surface area contributed by atoms with Gasteiger partial charge in [0.2, 0.25) is 0 Å². The molecule has 0 fully saturated rings. The Morgan fingerprint density at radius 3 is 2.89 bits per heavy atom. The van der Waals surface area contributed by atoms with Gasteiger partial charge < -0.3 is 5.32 Å². The van der Waals surface area contributed by atoms with Crippen LogP contribution in [-0.4, -0.2) is 22.1 Å². The molecule has 2 unspecified atom stereocenters. The van der Waals surface area contributed by atoms with Gasteiger partial charge in [-0.15, -0.1) is 11.8 Å². The SMILES string of the molecule is CNC(c1c(Cl)cnn1C)C1Cc2ccccc2S1. The average molecular weight is 294 g/mol. The van der Waals surface area contributed by atoms with Crippen LogP contribution in [0.5, 0.6) is 0 Å². The number of aryl methyl sites for hydroxylation is 1. The number of aromatic nitrogens is 2. The highest BCUT2D eigenvalue weighted by molar-refractivity contribution is 8.00. The molecule has 0 aliphatic carbocycles. The number of fused-ring (bicyclic) bond motifs is 1. The summed E-state index contributed by atoms with van der Waals surface area (Å²) in [7, 11) is 3.93. The maximum Gasteiger partial charge on any atom is 0.0834 e. The van der Waals surface area contributed by atoms with Gasteiger partial charge in [-0.2, -0.15) is 5.10 Å². The summed E-state index contributed by atoms with van der Waals surface area (Å²) in [5, 5.41) is 8.83. The highest BCUT2D eigenvalue weighted by atomic mass is 35.5. The molecule has 2 atom stereocenters. The monoisotopic (exact) mass is 293 g/mol. The number of benzene rings is 1. The fourth-order valence-corrected chi connectivity index (χ4v) is 4.40.